The maximum Gasteiger partial charge on any atom is 0.248 e. The van der Waals surface area contributed by atoms with Gasteiger partial charge >= 0.3 is 0 Å². The number of thiazole rings is 1. The van der Waals surface area contributed by atoms with Crippen molar-refractivity contribution in [3.8, 4) is 12.3 Å². The number of amides is 1. The lowest BCUT2D eigenvalue weighted by Crippen LogP contribution is -2.18. The number of aryl methyl sites for hydroxylation is 2. The fourth-order valence-corrected chi connectivity index (χ4v) is 4.57. The van der Waals surface area contributed by atoms with Crippen LogP contribution in [0.25, 0.3) is 10.2 Å². The van der Waals surface area contributed by atoms with Gasteiger partial charge in [0.2, 0.25) is 5.91 Å². The highest BCUT2D eigenvalue weighted by atomic mass is 32.1. The number of fused-ring (bicyclic) bond motifs is 1. The molecule has 3 nitrogen and oxygen atoms in total. The summed E-state index contributed by atoms with van der Waals surface area (Å²) in [7, 11) is 0. The molecule has 126 valence electrons. The zero-order chi connectivity index (χ0) is 17.1. The summed E-state index contributed by atoms with van der Waals surface area (Å²) in [5.74, 6) is 3.19. The van der Waals surface area contributed by atoms with Gasteiger partial charge in [-0.2, -0.15) is 4.99 Å². The van der Waals surface area contributed by atoms with Crippen LogP contribution < -0.4 is 4.80 Å². The maximum atomic E-state index is 12.4. The van der Waals surface area contributed by atoms with Crippen LogP contribution in [-0.4, -0.2) is 10.5 Å². The van der Waals surface area contributed by atoms with Crippen molar-refractivity contribution in [3.05, 3.63) is 28.1 Å². The predicted octanol–water partition coefficient (Wildman–Crippen LogP) is 4.35. The van der Waals surface area contributed by atoms with E-state index in [4.69, 9.17) is 6.42 Å². The van der Waals surface area contributed by atoms with Crippen LogP contribution in [0.3, 0.4) is 0 Å². The second-order valence-electron chi connectivity index (χ2n) is 6.79. The van der Waals surface area contributed by atoms with Gasteiger partial charge in [0, 0.05) is 6.42 Å². The quantitative estimate of drug-likeness (QED) is 0.765. The summed E-state index contributed by atoms with van der Waals surface area (Å²) >= 11 is 1.56. The first kappa shape index (κ1) is 17.0. The Morgan fingerprint density at radius 3 is 2.71 bits per heavy atom. The van der Waals surface area contributed by atoms with Crippen LogP contribution in [0, 0.1) is 32.1 Å². The molecule has 0 aliphatic heterocycles. The SMILES string of the molecule is C#CCn1c(=NC(=O)CC2CCCCC2)sc2cc(C)c(C)cc21. The third kappa shape index (κ3) is 3.62. The van der Waals surface area contributed by atoms with Crippen LogP contribution >= 0.6 is 11.3 Å². The van der Waals surface area contributed by atoms with Crippen molar-refractivity contribution in [2.45, 2.75) is 58.9 Å². The van der Waals surface area contributed by atoms with Crippen LogP contribution in [-0.2, 0) is 11.3 Å². The first-order valence-corrected chi connectivity index (χ1v) is 9.51. The number of terminal acetylenes is 1. The highest BCUT2D eigenvalue weighted by Gasteiger charge is 2.17. The molecule has 0 unspecified atom stereocenters. The second-order valence-corrected chi connectivity index (χ2v) is 7.80. The molecule has 0 bridgehead atoms. The summed E-state index contributed by atoms with van der Waals surface area (Å²) in [6.07, 6.45) is 12.2. The lowest BCUT2D eigenvalue weighted by atomic mass is 9.87. The van der Waals surface area contributed by atoms with Gasteiger partial charge in [0.1, 0.15) is 0 Å². The summed E-state index contributed by atoms with van der Waals surface area (Å²) < 4.78 is 3.13. The molecule has 1 aromatic carbocycles. The normalized spacial score (nSPS) is 16.5. The van der Waals surface area contributed by atoms with Gasteiger partial charge in [-0.15, -0.1) is 6.42 Å². The highest BCUT2D eigenvalue weighted by Crippen LogP contribution is 2.26. The van der Waals surface area contributed by atoms with Crippen molar-refractivity contribution in [3.63, 3.8) is 0 Å². The van der Waals surface area contributed by atoms with E-state index in [2.05, 4.69) is 36.9 Å². The Balaban J connectivity index is 1.96. The molecule has 0 spiro atoms. The number of carbonyl (C=O) groups excluding carboxylic acids is 1. The van der Waals surface area contributed by atoms with Crippen molar-refractivity contribution >= 4 is 27.5 Å². The third-order valence-corrected chi connectivity index (χ3v) is 6.00. The predicted molar refractivity (Wildman–Crippen MR) is 99.9 cm³/mol. The molecule has 0 N–H and O–H groups in total. The minimum atomic E-state index is -0.00679. The Morgan fingerprint density at radius 2 is 2.00 bits per heavy atom. The molecule has 0 radical (unpaired) electrons. The molecule has 1 fully saturated rings. The summed E-state index contributed by atoms with van der Waals surface area (Å²) in [4.78, 5) is 17.6. The van der Waals surface area contributed by atoms with E-state index in [9.17, 15) is 4.79 Å². The van der Waals surface area contributed by atoms with Gasteiger partial charge in [-0.1, -0.05) is 36.5 Å². The van der Waals surface area contributed by atoms with Crippen LogP contribution in [0.2, 0.25) is 0 Å². The molecule has 0 saturated heterocycles. The van der Waals surface area contributed by atoms with E-state index in [0.717, 1.165) is 27.9 Å². The molecule has 1 aromatic heterocycles. The first-order valence-electron chi connectivity index (χ1n) is 8.70. The fourth-order valence-electron chi connectivity index (χ4n) is 3.44. The molecular formula is C20H24N2OS. The van der Waals surface area contributed by atoms with E-state index in [0.29, 0.717) is 18.9 Å². The Bertz CT molecular complexity index is 860. The average Bonchev–Trinajstić information content (AvgIpc) is 2.86. The topological polar surface area (TPSA) is 34.4 Å². The molecular weight excluding hydrogens is 316 g/mol. The van der Waals surface area contributed by atoms with Gasteiger partial charge in [-0.3, -0.25) is 4.79 Å². The molecule has 0 atom stereocenters. The standard InChI is InChI=1S/C20H24N2OS/c1-4-10-22-17-11-14(2)15(3)12-18(17)24-20(22)21-19(23)13-16-8-6-5-7-9-16/h1,11-12,16H,5-10,13H2,2-3H3. The van der Waals surface area contributed by atoms with Gasteiger partial charge in [-0.25, -0.2) is 0 Å². The number of carbonyl (C=O) groups is 1. The van der Waals surface area contributed by atoms with E-state index in [-0.39, 0.29) is 5.91 Å². The minimum absolute atomic E-state index is 0.00679. The maximum absolute atomic E-state index is 12.4. The Hall–Kier alpha value is -1.86. The smallest absolute Gasteiger partial charge is 0.248 e. The molecule has 1 saturated carbocycles. The summed E-state index contributed by atoms with van der Waals surface area (Å²) in [5.41, 5.74) is 3.55. The van der Waals surface area contributed by atoms with Crippen LogP contribution in [0.15, 0.2) is 17.1 Å². The van der Waals surface area contributed by atoms with Crippen LogP contribution in [0.1, 0.15) is 49.7 Å². The fraction of sp³-hybridized carbons (Fsp3) is 0.500. The van der Waals surface area contributed by atoms with Crippen molar-refractivity contribution in [2.75, 3.05) is 0 Å². The summed E-state index contributed by atoms with van der Waals surface area (Å²) in [6.45, 7) is 4.64. The van der Waals surface area contributed by atoms with E-state index < -0.39 is 0 Å². The molecule has 3 rings (SSSR count). The van der Waals surface area contributed by atoms with Crippen LogP contribution in [0.4, 0.5) is 0 Å². The van der Waals surface area contributed by atoms with Gasteiger partial charge in [0.15, 0.2) is 4.80 Å². The van der Waals surface area contributed by atoms with Crippen molar-refractivity contribution in [2.24, 2.45) is 10.9 Å². The second kappa shape index (κ2) is 7.36. The number of nitrogens with zero attached hydrogens (tertiary/aromatic N) is 2. The average molecular weight is 340 g/mol. The number of rotatable bonds is 3. The summed E-state index contributed by atoms with van der Waals surface area (Å²) in [5, 5.41) is 0. The number of hydrogen-bond donors (Lipinski definition) is 0. The highest BCUT2D eigenvalue weighted by molar-refractivity contribution is 7.16. The molecule has 4 heteroatoms. The number of hydrogen-bond acceptors (Lipinski definition) is 2. The van der Waals surface area contributed by atoms with E-state index in [1.54, 1.807) is 11.3 Å². The Labute approximate surface area is 147 Å². The summed E-state index contributed by atoms with van der Waals surface area (Å²) in [6, 6.07) is 4.30. The third-order valence-electron chi connectivity index (χ3n) is 4.96. The van der Waals surface area contributed by atoms with Crippen molar-refractivity contribution < 1.29 is 4.79 Å². The van der Waals surface area contributed by atoms with Gasteiger partial charge in [0.05, 0.1) is 16.8 Å². The molecule has 24 heavy (non-hydrogen) atoms. The van der Waals surface area contributed by atoms with E-state index >= 15 is 0 Å². The zero-order valence-electron chi connectivity index (χ0n) is 14.5. The zero-order valence-corrected chi connectivity index (χ0v) is 15.3. The molecule has 1 aliphatic carbocycles. The van der Waals surface area contributed by atoms with Gasteiger partial charge in [0.25, 0.3) is 0 Å². The minimum Gasteiger partial charge on any atom is -0.305 e. The molecule has 1 heterocycles. The monoisotopic (exact) mass is 340 g/mol. The van der Waals surface area contributed by atoms with Crippen molar-refractivity contribution in [1.29, 1.82) is 0 Å². The lowest BCUT2D eigenvalue weighted by molar-refractivity contribution is -0.119. The first-order chi connectivity index (χ1) is 11.6. The Kier molecular flexibility index (Phi) is 5.20. The number of aromatic nitrogens is 1. The van der Waals surface area contributed by atoms with E-state index in [1.807, 2.05) is 4.57 Å². The van der Waals surface area contributed by atoms with Crippen LogP contribution in [0.5, 0.6) is 0 Å². The largest absolute Gasteiger partial charge is 0.305 e. The Morgan fingerprint density at radius 1 is 1.29 bits per heavy atom. The molecule has 1 amide bonds. The van der Waals surface area contributed by atoms with Crippen molar-refractivity contribution in [1.82, 2.24) is 4.57 Å². The van der Waals surface area contributed by atoms with Gasteiger partial charge in [-0.05, 0) is 55.9 Å². The molecule has 1 aliphatic rings. The molecule has 2 aromatic rings. The van der Waals surface area contributed by atoms with Gasteiger partial charge < -0.3 is 4.57 Å². The van der Waals surface area contributed by atoms with E-state index in [1.165, 1.54) is 30.4 Å². The number of benzene rings is 1. The lowest BCUT2D eigenvalue weighted by Gasteiger charge is -2.19.